The van der Waals surface area contributed by atoms with Crippen molar-refractivity contribution in [2.24, 2.45) is 0 Å². The van der Waals surface area contributed by atoms with E-state index in [0.29, 0.717) is 0 Å². The first-order chi connectivity index (χ1) is 4.73. The highest BCUT2D eigenvalue weighted by Gasteiger charge is 1.95. The zero-order valence-corrected chi connectivity index (χ0v) is 7.46. The van der Waals surface area contributed by atoms with Gasteiger partial charge in [0.05, 0.1) is 0 Å². The summed E-state index contributed by atoms with van der Waals surface area (Å²) in [5, 5.41) is 13.9. The fourth-order valence-corrected chi connectivity index (χ4v) is 1.06. The smallest absolute Gasteiger partial charge is 0.450 e. The van der Waals surface area contributed by atoms with Crippen LogP contribution < -0.4 is 12.3 Å². The summed E-state index contributed by atoms with van der Waals surface area (Å²) in [4.78, 5) is 8.56. The van der Waals surface area contributed by atoms with Crippen molar-refractivity contribution in [2.45, 2.75) is 38.5 Å². The van der Waals surface area contributed by atoms with Crippen LogP contribution in [0.3, 0.4) is 0 Å². The monoisotopic (exact) mass is 180 g/mol. The molecule has 0 heterocycles. The third-order valence-electron chi connectivity index (χ3n) is 1.50. The highest BCUT2D eigenvalue weighted by Crippen LogP contribution is 2.15. The molecule has 1 fully saturated rings. The number of carboxylic acid groups (broad SMARTS) is 2. The first-order valence-corrected chi connectivity index (χ1v) is 3.65. The van der Waals surface area contributed by atoms with Crippen LogP contribution in [-0.2, 0) is 0 Å². The van der Waals surface area contributed by atoms with Gasteiger partial charge in [0.2, 0.25) is 0 Å². The number of carbonyl (C=O) groups is 1. The lowest BCUT2D eigenvalue weighted by molar-refractivity contribution is 0.137. The normalized spacial score (nSPS) is 14.0. The largest absolute Gasteiger partial charge is 0.503 e. The average molecular weight is 180 g/mol. The summed E-state index contributed by atoms with van der Waals surface area (Å²) in [6.07, 6.45) is 7.17. The lowest BCUT2D eigenvalue weighted by Gasteiger charge is -2.05. The average Bonchev–Trinajstić information content (AvgIpc) is 1.90. The van der Waals surface area contributed by atoms with E-state index in [1.807, 2.05) is 0 Å². The fraction of sp³-hybridized carbons (Fsp3) is 0.857. The minimum atomic E-state index is -1.83. The van der Waals surface area contributed by atoms with E-state index >= 15 is 0 Å². The molecule has 1 aliphatic carbocycles. The van der Waals surface area contributed by atoms with E-state index in [1.54, 1.807) is 0 Å². The molecule has 0 aromatic heterocycles. The van der Waals surface area contributed by atoms with Crippen LogP contribution in [0.25, 0.3) is 0 Å². The van der Waals surface area contributed by atoms with Gasteiger partial charge in [-0.05, 0) is 0 Å². The van der Waals surface area contributed by atoms with Crippen LogP contribution in [-0.4, -0.2) is 16.4 Å². The van der Waals surface area contributed by atoms with Crippen LogP contribution in [0.15, 0.2) is 0 Å². The topological polar surface area (TPSA) is 128 Å². The Labute approximate surface area is 73.0 Å². The van der Waals surface area contributed by atoms with Gasteiger partial charge in [-0.3, -0.25) is 0 Å². The predicted molar refractivity (Wildman–Crippen MR) is 48.4 cm³/mol. The molecule has 0 aromatic carbocycles. The van der Waals surface area contributed by atoms with Gasteiger partial charge in [-0.25, -0.2) is 4.79 Å². The summed E-state index contributed by atoms with van der Waals surface area (Å²) in [6, 6.07) is 0. The summed E-state index contributed by atoms with van der Waals surface area (Å²) in [6.45, 7) is 0. The summed E-state index contributed by atoms with van der Waals surface area (Å²) < 4.78 is 0. The molecule has 0 bridgehead atoms. The molecule has 12 heavy (non-hydrogen) atoms. The molecule has 0 radical (unpaired) electrons. The Kier molecular flexibility index (Phi) is 18.5. The Balaban J connectivity index is -0.000000124. The minimum Gasteiger partial charge on any atom is -0.450 e. The molecule has 1 rings (SSSR count). The maximum atomic E-state index is 8.56. The molecule has 0 atom stereocenters. The third-order valence-corrected chi connectivity index (χ3v) is 1.50. The van der Waals surface area contributed by atoms with Crippen LogP contribution in [0.5, 0.6) is 0 Å². The zero-order chi connectivity index (χ0) is 7.82. The van der Waals surface area contributed by atoms with Crippen molar-refractivity contribution < 1.29 is 15.0 Å². The minimum absolute atomic E-state index is 0. The third kappa shape index (κ3) is 22.9. The molecule has 5 nitrogen and oxygen atoms in total. The van der Waals surface area contributed by atoms with Crippen LogP contribution in [0.4, 0.5) is 4.79 Å². The van der Waals surface area contributed by atoms with E-state index in [2.05, 4.69) is 0 Å². The summed E-state index contributed by atoms with van der Waals surface area (Å²) in [5.41, 5.74) is 0. The standard InChI is InChI=1S/C6H12.CH2O3.2H3N/c1-2-4-6-5-3-1;2-1(3)4;;/h1-6H2;(H2,2,3,4);2*1H3. The zero-order valence-electron chi connectivity index (χ0n) is 7.46. The van der Waals surface area contributed by atoms with Crippen molar-refractivity contribution in [3.8, 4) is 0 Å². The van der Waals surface area contributed by atoms with Crippen LogP contribution >= 0.6 is 0 Å². The van der Waals surface area contributed by atoms with Gasteiger partial charge >= 0.3 is 6.16 Å². The molecular formula is C7H20N2O3. The molecule has 5 heteroatoms. The Morgan fingerprint density at radius 1 is 0.750 bits per heavy atom. The second-order valence-corrected chi connectivity index (χ2v) is 2.40. The molecule has 0 aromatic rings. The molecular weight excluding hydrogens is 160 g/mol. The maximum Gasteiger partial charge on any atom is 0.503 e. The van der Waals surface area contributed by atoms with E-state index in [1.165, 1.54) is 38.5 Å². The molecule has 0 amide bonds. The van der Waals surface area contributed by atoms with Gasteiger partial charge in [-0.15, -0.1) is 0 Å². The van der Waals surface area contributed by atoms with Gasteiger partial charge in [0.25, 0.3) is 0 Å². The lowest BCUT2D eigenvalue weighted by Crippen LogP contribution is -1.85. The van der Waals surface area contributed by atoms with Gasteiger partial charge in [0, 0.05) is 0 Å². The van der Waals surface area contributed by atoms with E-state index in [-0.39, 0.29) is 12.3 Å². The summed E-state index contributed by atoms with van der Waals surface area (Å²) in [7, 11) is 0. The summed E-state index contributed by atoms with van der Waals surface area (Å²) >= 11 is 0. The van der Waals surface area contributed by atoms with Gasteiger partial charge < -0.3 is 22.5 Å². The van der Waals surface area contributed by atoms with Gasteiger partial charge in [0.1, 0.15) is 0 Å². The van der Waals surface area contributed by atoms with Gasteiger partial charge in [-0.1, -0.05) is 38.5 Å². The molecule has 0 unspecified atom stereocenters. The van der Waals surface area contributed by atoms with Crippen molar-refractivity contribution in [1.82, 2.24) is 12.3 Å². The second kappa shape index (κ2) is 12.8. The Hall–Kier alpha value is -0.810. The van der Waals surface area contributed by atoms with E-state index in [0.717, 1.165) is 0 Å². The molecule has 0 saturated heterocycles. The second-order valence-electron chi connectivity index (χ2n) is 2.40. The van der Waals surface area contributed by atoms with Gasteiger partial charge in [-0.2, -0.15) is 0 Å². The van der Waals surface area contributed by atoms with Crippen LogP contribution in [0, 0.1) is 0 Å². The summed E-state index contributed by atoms with van der Waals surface area (Å²) in [5.74, 6) is 0. The van der Waals surface area contributed by atoms with Crippen molar-refractivity contribution in [3.63, 3.8) is 0 Å². The maximum absolute atomic E-state index is 8.56. The van der Waals surface area contributed by atoms with Crippen molar-refractivity contribution in [3.05, 3.63) is 0 Å². The van der Waals surface area contributed by atoms with E-state index in [4.69, 9.17) is 15.0 Å². The molecule has 1 aliphatic rings. The van der Waals surface area contributed by atoms with Crippen LogP contribution in [0.1, 0.15) is 38.5 Å². The van der Waals surface area contributed by atoms with E-state index in [9.17, 15) is 0 Å². The SMILES string of the molecule is C1CCCCC1.N.N.O=C(O)O. The molecule has 0 aliphatic heterocycles. The number of hydrogen-bond donors (Lipinski definition) is 4. The Morgan fingerprint density at radius 2 is 0.833 bits per heavy atom. The number of hydrogen-bond acceptors (Lipinski definition) is 3. The fourth-order valence-electron chi connectivity index (χ4n) is 1.06. The molecule has 1 saturated carbocycles. The lowest BCUT2D eigenvalue weighted by atomic mass is 10.0. The Morgan fingerprint density at radius 3 is 0.917 bits per heavy atom. The van der Waals surface area contributed by atoms with Crippen molar-refractivity contribution in [1.29, 1.82) is 0 Å². The first kappa shape index (κ1) is 17.3. The molecule has 0 spiro atoms. The molecule has 8 N–H and O–H groups in total. The molecule has 76 valence electrons. The number of rotatable bonds is 0. The highest BCUT2D eigenvalue weighted by atomic mass is 16.6. The predicted octanol–water partition coefficient (Wildman–Crippen LogP) is 2.89. The Bertz CT molecular complexity index is 79.1. The van der Waals surface area contributed by atoms with E-state index < -0.39 is 6.16 Å². The van der Waals surface area contributed by atoms with Crippen molar-refractivity contribution >= 4 is 6.16 Å². The first-order valence-electron chi connectivity index (χ1n) is 3.65. The van der Waals surface area contributed by atoms with Crippen molar-refractivity contribution in [2.75, 3.05) is 0 Å². The van der Waals surface area contributed by atoms with Crippen LogP contribution in [0.2, 0.25) is 0 Å². The quantitative estimate of drug-likeness (QED) is 0.455. The highest BCUT2D eigenvalue weighted by molar-refractivity contribution is 5.53. The van der Waals surface area contributed by atoms with Gasteiger partial charge in [0.15, 0.2) is 0 Å².